The highest BCUT2D eigenvalue weighted by atomic mass is 32.2. The van der Waals surface area contributed by atoms with Crippen molar-refractivity contribution < 1.29 is 4.74 Å². The normalized spacial score (nSPS) is 24.8. The second kappa shape index (κ2) is 4.84. The fourth-order valence-electron chi connectivity index (χ4n) is 1.75. The Morgan fingerprint density at radius 2 is 2.50 bits per heavy atom. The predicted octanol–water partition coefficient (Wildman–Crippen LogP) is 0.261. The number of methoxy groups -OCH3 is 1. The first-order valence-corrected chi connectivity index (χ1v) is 6.00. The monoisotopic (exact) mass is 242 g/mol. The fourth-order valence-corrected chi connectivity index (χ4v) is 3.23. The maximum Gasteiger partial charge on any atom is 0.353 e. The number of ether oxygens (including phenoxy) is 1. The lowest BCUT2D eigenvalue weighted by atomic mass is 10.2. The number of nitrogen functional groups attached to an aromatic ring is 1. The van der Waals surface area contributed by atoms with E-state index in [0.29, 0.717) is 11.9 Å². The van der Waals surface area contributed by atoms with Gasteiger partial charge in [0.1, 0.15) is 6.33 Å². The highest BCUT2D eigenvalue weighted by Gasteiger charge is 2.27. The van der Waals surface area contributed by atoms with Gasteiger partial charge in [-0.15, -0.1) is 11.8 Å². The van der Waals surface area contributed by atoms with Crippen LogP contribution in [0.1, 0.15) is 18.2 Å². The Kier molecular flexibility index (Phi) is 3.45. The first-order valence-electron chi connectivity index (χ1n) is 5.05. The Morgan fingerprint density at radius 1 is 1.69 bits per heavy atom. The van der Waals surface area contributed by atoms with Crippen molar-refractivity contribution in [2.75, 3.05) is 19.5 Å². The molecule has 7 heteroatoms. The number of thioether (sulfide) groups is 1. The molecule has 0 saturated carbocycles. The summed E-state index contributed by atoms with van der Waals surface area (Å²) >= 11 is 1.73. The third-order valence-electron chi connectivity index (χ3n) is 2.49. The Labute approximate surface area is 97.2 Å². The van der Waals surface area contributed by atoms with Gasteiger partial charge in [-0.1, -0.05) is 0 Å². The van der Waals surface area contributed by atoms with Crippen LogP contribution in [-0.2, 0) is 4.74 Å². The number of nitrogens with zero attached hydrogens (tertiary/aromatic N) is 3. The van der Waals surface area contributed by atoms with Gasteiger partial charge >= 0.3 is 5.69 Å². The SMILES string of the molecule is COC[C@@H]1CC[C@H](n2cnc(N)nc2=O)S1. The van der Waals surface area contributed by atoms with E-state index < -0.39 is 0 Å². The van der Waals surface area contributed by atoms with Gasteiger partial charge in [0.2, 0.25) is 5.95 Å². The Bertz CT molecular complexity index is 422. The van der Waals surface area contributed by atoms with Crippen molar-refractivity contribution >= 4 is 17.7 Å². The van der Waals surface area contributed by atoms with Crippen molar-refractivity contribution in [2.45, 2.75) is 23.5 Å². The zero-order valence-electron chi connectivity index (χ0n) is 9.00. The molecule has 1 saturated heterocycles. The van der Waals surface area contributed by atoms with Crippen molar-refractivity contribution in [3.8, 4) is 0 Å². The molecule has 0 aromatic carbocycles. The maximum absolute atomic E-state index is 11.6. The molecule has 1 aromatic heterocycles. The topological polar surface area (TPSA) is 83.0 Å². The van der Waals surface area contributed by atoms with Gasteiger partial charge in [0, 0.05) is 12.4 Å². The molecule has 0 unspecified atom stereocenters. The molecule has 0 amide bonds. The molecule has 0 bridgehead atoms. The van der Waals surface area contributed by atoms with E-state index in [4.69, 9.17) is 10.5 Å². The quantitative estimate of drug-likeness (QED) is 0.818. The van der Waals surface area contributed by atoms with Crippen LogP contribution in [0, 0.1) is 0 Å². The number of hydrogen-bond donors (Lipinski definition) is 1. The zero-order valence-corrected chi connectivity index (χ0v) is 9.81. The molecule has 0 spiro atoms. The molecule has 1 aromatic rings. The number of nitrogens with two attached hydrogens (primary N) is 1. The van der Waals surface area contributed by atoms with Crippen molar-refractivity contribution in [1.82, 2.24) is 14.5 Å². The Balaban J connectivity index is 2.11. The van der Waals surface area contributed by atoms with Crippen LogP contribution in [0.2, 0.25) is 0 Å². The molecule has 2 N–H and O–H groups in total. The van der Waals surface area contributed by atoms with E-state index in [2.05, 4.69) is 9.97 Å². The van der Waals surface area contributed by atoms with Crippen molar-refractivity contribution in [3.05, 3.63) is 16.8 Å². The summed E-state index contributed by atoms with van der Waals surface area (Å²) in [6.07, 6.45) is 3.45. The molecule has 16 heavy (non-hydrogen) atoms. The van der Waals surface area contributed by atoms with Gasteiger partial charge in [-0.05, 0) is 12.8 Å². The summed E-state index contributed by atoms with van der Waals surface area (Å²) in [6.45, 7) is 0.714. The van der Waals surface area contributed by atoms with E-state index in [1.807, 2.05) is 0 Å². The van der Waals surface area contributed by atoms with Crippen LogP contribution in [0.4, 0.5) is 5.95 Å². The van der Waals surface area contributed by atoms with E-state index in [-0.39, 0.29) is 17.0 Å². The van der Waals surface area contributed by atoms with E-state index in [1.165, 1.54) is 10.9 Å². The van der Waals surface area contributed by atoms with Gasteiger partial charge in [0.25, 0.3) is 0 Å². The lowest BCUT2D eigenvalue weighted by molar-refractivity contribution is 0.198. The van der Waals surface area contributed by atoms with E-state index in [0.717, 1.165) is 12.8 Å². The van der Waals surface area contributed by atoms with Crippen LogP contribution < -0.4 is 11.4 Å². The molecule has 2 heterocycles. The van der Waals surface area contributed by atoms with E-state index in [1.54, 1.807) is 18.9 Å². The first-order chi connectivity index (χ1) is 7.70. The molecule has 2 rings (SSSR count). The van der Waals surface area contributed by atoms with Gasteiger partial charge in [-0.3, -0.25) is 4.57 Å². The molecule has 1 aliphatic heterocycles. The molecule has 0 radical (unpaired) electrons. The Hall–Kier alpha value is -1.08. The van der Waals surface area contributed by atoms with E-state index in [9.17, 15) is 4.79 Å². The number of rotatable bonds is 3. The van der Waals surface area contributed by atoms with Crippen LogP contribution in [0.5, 0.6) is 0 Å². The molecule has 0 aliphatic carbocycles. The minimum atomic E-state index is -0.330. The lowest BCUT2D eigenvalue weighted by Gasteiger charge is -2.12. The number of aromatic nitrogens is 3. The third-order valence-corrected chi connectivity index (χ3v) is 4.03. The van der Waals surface area contributed by atoms with Crippen molar-refractivity contribution in [3.63, 3.8) is 0 Å². The Morgan fingerprint density at radius 3 is 3.19 bits per heavy atom. The number of hydrogen-bond acceptors (Lipinski definition) is 6. The minimum absolute atomic E-state index is 0.0256. The van der Waals surface area contributed by atoms with Crippen LogP contribution in [0.15, 0.2) is 11.1 Å². The lowest BCUT2D eigenvalue weighted by Crippen LogP contribution is -2.26. The van der Waals surface area contributed by atoms with Crippen LogP contribution in [-0.4, -0.2) is 33.5 Å². The summed E-state index contributed by atoms with van der Waals surface area (Å²) in [6, 6.07) is 0. The average Bonchev–Trinajstić information content (AvgIpc) is 2.67. The summed E-state index contributed by atoms with van der Waals surface area (Å²) in [7, 11) is 1.69. The smallest absolute Gasteiger partial charge is 0.353 e. The summed E-state index contributed by atoms with van der Waals surface area (Å²) in [5.41, 5.74) is 5.01. The fraction of sp³-hybridized carbons (Fsp3) is 0.667. The van der Waals surface area contributed by atoms with Crippen molar-refractivity contribution in [2.24, 2.45) is 0 Å². The van der Waals surface area contributed by atoms with Crippen LogP contribution in [0.3, 0.4) is 0 Å². The third kappa shape index (κ3) is 2.35. The molecule has 1 aliphatic rings. The second-order valence-electron chi connectivity index (χ2n) is 3.65. The van der Waals surface area contributed by atoms with Crippen LogP contribution >= 0.6 is 11.8 Å². The van der Waals surface area contributed by atoms with Gasteiger partial charge < -0.3 is 10.5 Å². The largest absolute Gasteiger partial charge is 0.384 e. The summed E-state index contributed by atoms with van der Waals surface area (Å²) in [5.74, 6) is 0.0256. The van der Waals surface area contributed by atoms with Gasteiger partial charge in [0.05, 0.1) is 12.0 Å². The minimum Gasteiger partial charge on any atom is -0.384 e. The van der Waals surface area contributed by atoms with Gasteiger partial charge in [0.15, 0.2) is 0 Å². The van der Waals surface area contributed by atoms with Crippen LogP contribution in [0.25, 0.3) is 0 Å². The summed E-state index contributed by atoms with van der Waals surface area (Å²) < 4.78 is 6.64. The van der Waals surface area contributed by atoms with Gasteiger partial charge in [-0.25, -0.2) is 9.78 Å². The standard InChI is InChI=1S/C9H14N4O2S/c1-15-4-6-2-3-7(16-6)13-5-11-8(10)12-9(13)14/h5-7H,2-4H2,1H3,(H2,10,12,14)/t6-,7+/m0/s1. The zero-order chi connectivity index (χ0) is 11.5. The molecule has 1 fully saturated rings. The summed E-state index contributed by atoms with van der Waals surface area (Å²) in [4.78, 5) is 19.0. The van der Waals surface area contributed by atoms with Gasteiger partial charge in [-0.2, -0.15) is 4.98 Å². The predicted molar refractivity (Wildman–Crippen MR) is 62.2 cm³/mol. The highest BCUT2D eigenvalue weighted by molar-refractivity contribution is 8.00. The maximum atomic E-state index is 11.6. The molecule has 6 nitrogen and oxygen atoms in total. The van der Waals surface area contributed by atoms with E-state index >= 15 is 0 Å². The van der Waals surface area contributed by atoms with Crippen molar-refractivity contribution in [1.29, 1.82) is 0 Å². The molecular formula is C9H14N4O2S. The molecule has 2 atom stereocenters. The summed E-state index contributed by atoms with van der Waals surface area (Å²) in [5, 5.41) is 0.549. The highest BCUT2D eigenvalue weighted by Crippen LogP contribution is 2.40. The first kappa shape index (κ1) is 11.4. The average molecular weight is 242 g/mol. The second-order valence-corrected chi connectivity index (χ2v) is 5.13. The molecule has 88 valence electrons. The number of anilines is 1. The molecular weight excluding hydrogens is 228 g/mol.